The van der Waals surface area contributed by atoms with Gasteiger partial charge in [-0.3, -0.25) is 5.84 Å². The lowest BCUT2D eigenvalue weighted by Gasteiger charge is -2.07. The van der Waals surface area contributed by atoms with Crippen LogP contribution < -0.4 is 16.6 Å². The Morgan fingerprint density at radius 2 is 2.43 bits per heavy atom. The molecule has 0 amide bonds. The SMILES string of the molecule is C=CNC(C)NN. The molecule has 0 saturated heterocycles. The van der Waals surface area contributed by atoms with E-state index in [1.54, 1.807) is 6.20 Å². The molecule has 0 aliphatic heterocycles. The lowest BCUT2D eigenvalue weighted by Crippen LogP contribution is -2.41. The molecule has 0 aromatic carbocycles. The normalized spacial score (nSPS) is 12.9. The fraction of sp³-hybridized carbons (Fsp3) is 0.500. The molecule has 4 N–H and O–H groups in total. The van der Waals surface area contributed by atoms with Crippen molar-refractivity contribution in [3.63, 3.8) is 0 Å². The summed E-state index contributed by atoms with van der Waals surface area (Å²) in [7, 11) is 0. The summed E-state index contributed by atoms with van der Waals surface area (Å²) in [5.41, 5.74) is 2.48. The van der Waals surface area contributed by atoms with Crippen LogP contribution in [0.3, 0.4) is 0 Å². The topological polar surface area (TPSA) is 50.1 Å². The zero-order valence-electron chi connectivity index (χ0n) is 4.44. The van der Waals surface area contributed by atoms with Gasteiger partial charge in [-0.05, 0) is 13.1 Å². The maximum Gasteiger partial charge on any atom is 0.0860 e. The molecule has 0 saturated carbocycles. The van der Waals surface area contributed by atoms with Gasteiger partial charge >= 0.3 is 0 Å². The lowest BCUT2D eigenvalue weighted by atomic mass is 10.6. The molecule has 0 aromatic rings. The van der Waals surface area contributed by atoms with Crippen LogP contribution in [0.4, 0.5) is 0 Å². The van der Waals surface area contributed by atoms with Gasteiger partial charge in [0.2, 0.25) is 0 Å². The summed E-state index contributed by atoms with van der Waals surface area (Å²) in [5, 5.41) is 2.82. The summed E-state index contributed by atoms with van der Waals surface area (Å²) in [6.45, 7) is 5.33. The highest BCUT2D eigenvalue weighted by atomic mass is 15.3. The number of nitrogens with one attached hydrogen (secondary N) is 2. The van der Waals surface area contributed by atoms with Gasteiger partial charge < -0.3 is 5.32 Å². The molecule has 1 atom stereocenters. The molecule has 0 bridgehead atoms. The summed E-state index contributed by atoms with van der Waals surface area (Å²) >= 11 is 0. The molecule has 0 aliphatic carbocycles. The third kappa shape index (κ3) is 3.29. The third-order valence-electron chi connectivity index (χ3n) is 0.618. The standard InChI is InChI=1S/C4H11N3/c1-3-6-4(2)7-5/h3-4,6-7H,1,5H2,2H3. The number of nitrogens with two attached hydrogens (primary N) is 1. The molecule has 0 aromatic heterocycles. The van der Waals surface area contributed by atoms with Crippen LogP contribution in [0.5, 0.6) is 0 Å². The highest BCUT2D eigenvalue weighted by Crippen LogP contribution is 1.65. The Hall–Kier alpha value is -0.540. The van der Waals surface area contributed by atoms with Gasteiger partial charge in [-0.2, -0.15) is 0 Å². The minimum atomic E-state index is 0.109. The third-order valence-corrected chi connectivity index (χ3v) is 0.618. The maximum absolute atomic E-state index is 5.00. The Morgan fingerprint density at radius 3 is 2.57 bits per heavy atom. The second-order valence-corrected chi connectivity index (χ2v) is 1.26. The van der Waals surface area contributed by atoms with E-state index in [2.05, 4.69) is 17.3 Å². The predicted octanol–water partition coefficient (Wildman–Crippen LogP) is -0.471. The number of hydrogen-bond acceptors (Lipinski definition) is 3. The van der Waals surface area contributed by atoms with Crippen LogP contribution in [0.2, 0.25) is 0 Å². The van der Waals surface area contributed by atoms with Crippen molar-refractivity contribution >= 4 is 0 Å². The van der Waals surface area contributed by atoms with Gasteiger partial charge in [0.1, 0.15) is 0 Å². The summed E-state index contributed by atoms with van der Waals surface area (Å²) < 4.78 is 0. The van der Waals surface area contributed by atoms with E-state index >= 15 is 0 Å². The fourth-order valence-electron chi connectivity index (χ4n) is 0.225. The van der Waals surface area contributed by atoms with Crippen molar-refractivity contribution in [1.82, 2.24) is 10.7 Å². The van der Waals surface area contributed by atoms with Gasteiger partial charge in [0.15, 0.2) is 0 Å². The molecule has 0 fully saturated rings. The minimum absolute atomic E-state index is 0.109. The van der Waals surface area contributed by atoms with Crippen LogP contribution >= 0.6 is 0 Å². The van der Waals surface area contributed by atoms with Gasteiger partial charge in [0.05, 0.1) is 6.17 Å². The Bertz CT molecular complexity index is 52.9. The van der Waals surface area contributed by atoms with Crippen LogP contribution in [0.25, 0.3) is 0 Å². The molecule has 0 spiro atoms. The first-order valence-corrected chi connectivity index (χ1v) is 2.14. The van der Waals surface area contributed by atoms with Crippen molar-refractivity contribution in [2.75, 3.05) is 0 Å². The van der Waals surface area contributed by atoms with Crippen LogP contribution in [0.15, 0.2) is 12.8 Å². The van der Waals surface area contributed by atoms with E-state index in [0.717, 1.165) is 0 Å². The van der Waals surface area contributed by atoms with Crippen molar-refractivity contribution in [3.8, 4) is 0 Å². The van der Waals surface area contributed by atoms with Crippen molar-refractivity contribution < 1.29 is 0 Å². The molecule has 1 unspecified atom stereocenters. The van der Waals surface area contributed by atoms with Crippen molar-refractivity contribution in [2.24, 2.45) is 5.84 Å². The molecular weight excluding hydrogens is 90.1 g/mol. The first kappa shape index (κ1) is 6.46. The molecule has 7 heavy (non-hydrogen) atoms. The molecule has 42 valence electrons. The van der Waals surface area contributed by atoms with Crippen LogP contribution in [-0.2, 0) is 0 Å². The first-order valence-electron chi connectivity index (χ1n) is 2.14. The van der Waals surface area contributed by atoms with Gasteiger partial charge in [-0.1, -0.05) is 6.58 Å². The van der Waals surface area contributed by atoms with Gasteiger partial charge in [-0.25, -0.2) is 5.43 Å². The molecule has 0 rings (SSSR count). The summed E-state index contributed by atoms with van der Waals surface area (Å²) in [6, 6.07) is 0. The maximum atomic E-state index is 5.00. The van der Waals surface area contributed by atoms with E-state index in [0.29, 0.717) is 0 Å². The molecular formula is C4H11N3. The van der Waals surface area contributed by atoms with E-state index in [-0.39, 0.29) is 6.17 Å². The Balaban J connectivity index is 2.98. The van der Waals surface area contributed by atoms with E-state index < -0.39 is 0 Å². The first-order chi connectivity index (χ1) is 3.31. The van der Waals surface area contributed by atoms with Gasteiger partial charge in [-0.15, -0.1) is 0 Å². The molecule has 0 heterocycles. The summed E-state index contributed by atoms with van der Waals surface area (Å²) in [4.78, 5) is 0. The predicted molar refractivity (Wildman–Crippen MR) is 30.1 cm³/mol. The Morgan fingerprint density at radius 1 is 1.86 bits per heavy atom. The van der Waals surface area contributed by atoms with E-state index in [1.165, 1.54) is 0 Å². The zero-order chi connectivity index (χ0) is 5.70. The number of rotatable bonds is 3. The molecule has 3 nitrogen and oxygen atoms in total. The largest absolute Gasteiger partial charge is 0.376 e. The average Bonchev–Trinajstić information content (AvgIpc) is 1.68. The fourth-order valence-corrected chi connectivity index (χ4v) is 0.225. The second kappa shape index (κ2) is 3.64. The molecule has 3 heteroatoms. The minimum Gasteiger partial charge on any atom is -0.376 e. The Kier molecular flexibility index (Phi) is 3.36. The number of hydrazine groups is 1. The quantitative estimate of drug-likeness (QED) is 0.256. The highest BCUT2D eigenvalue weighted by molar-refractivity contribution is 4.65. The monoisotopic (exact) mass is 101 g/mol. The Labute approximate surface area is 43.6 Å². The summed E-state index contributed by atoms with van der Waals surface area (Å²) in [6.07, 6.45) is 1.70. The van der Waals surface area contributed by atoms with Crippen LogP contribution in [-0.4, -0.2) is 6.17 Å². The number of hydrogen-bond donors (Lipinski definition) is 3. The van der Waals surface area contributed by atoms with E-state index in [9.17, 15) is 0 Å². The van der Waals surface area contributed by atoms with Crippen LogP contribution in [0.1, 0.15) is 6.92 Å². The van der Waals surface area contributed by atoms with Gasteiger partial charge in [0.25, 0.3) is 0 Å². The van der Waals surface area contributed by atoms with Crippen LogP contribution in [0, 0.1) is 0 Å². The molecule has 0 radical (unpaired) electrons. The van der Waals surface area contributed by atoms with Crippen molar-refractivity contribution in [3.05, 3.63) is 12.8 Å². The van der Waals surface area contributed by atoms with Crippen molar-refractivity contribution in [1.29, 1.82) is 0 Å². The summed E-state index contributed by atoms with van der Waals surface area (Å²) in [5.74, 6) is 5.00. The second-order valence-electron chi connectivity index (χ2n) is 1.26. The van der Waals surface area contributed by atoms with Gasteiger partial charge in [0, 0.05) is 0 Å². The average molecular weight is 101 g/mol. The highest BCUT2D eigenvalue weighted by Gasteiger charge is 1.86. The molecule has 0 aliphatic rings. The smallest absolute Gasteiger partial charge is 0.0860 e. The lowest BCUT2D eigenvalue weighted by molar-refractivity contribution is 0.524. The van der Waals surface area contributed by atoms with E-state index in [1.807, 2.05) is 6.92 Å². The zero-order valence-corrected chi connectivity index (χ0v) is 4.44. The van der Waals surface area contributed by atoms with Crippen molar-refractivity contribution in [2.45, 2.75) is 13.1 Å². The van der Waals surface area contributed by atoms with E-state index in [4.69, 9.17) is 5.84 Å².